The minimum absolute atomic E-state index is 0.305. The summed E-state index contributed by atoms with van der Waals surface area (Å²) in [6.45, 7) is 0. The molecule has 1 aliphatic carbocycles. The molecule has 9 nitrogen and oxygen atoms in total. The number of aromatic nitrogens is 8. The topological polar surface area (TPSA) is 94.2 Å². The van der Waals surface area contributed by atoms with E-state index in [1.165, 1.54) is 125 Å². The molecule has 0 aliphatic heterocycles. The molecule has 0 bridgehead atoms. The maximum Gasteiger partial charge on any atom is 0.236 e. The Morgan fingerprint density at radius 3 is 1.53 bits per heavy atom. The first-order valence-electron chi connectivity index (χ1n) is 30.7. The molecule has 22 rings (SSSR count). The van der Waals surface area contributed by atoms with Crippen molar-refractivity contribution in [3.8, 4) is 39.7 Å². The van der Waals surface area contributed by atoms with Crippen molar-refractivity contribution in [2.24, 2.45) is 0 Å². The molecule has 9 heterocycles. The van der Waals surface area contributed by atoms with Crippen LogP contribution in [0.4, 0.5) is 0 Å². The van der Waals surface area contributed by atoms with Gasteiger partial charge >= 0.3 is 0 Å². The second kappa shape index (κ2) is 19.0. The number of para-hydroxylation sites is 7. The summed E-state index contributed by atoms with van der Waals surface area (Å²) >= 11 is 6.12. The number of halogens is 1. The molecule has 10 heteroatoms. The zero-order valence-electron chi connectivity index (χ0n) is 48.5. The molecule has 0 amide bonds. The Balaban J connectivity index is 0.000000105. The Labute approximate surface area is 522 Å². The molecule has 0 atom stereocenters. The molecule has 424 valence electrons. The van der Waals surface area contributed by atoms with Gasteiger partial charge in [-0.3, -0.25) is 4.57 Å². The molecule has 12 aromatic carbocycles. The van der Waals surface area contributed by atoms with Crippen molar-refractivity contribution in [2.75, 3.05) is 0 Å². The largest absolute Gasteiger partial charge is 0.452 e. The summed E-state index contributed by atoms with van der Waals surface area (Å²) in [7, 11) is 0. The maximum absolute atomic E-state index is 6.43. The predicted molar refractivity (Wildman–Crippen MR) is 375 cm³/mol. The van der Waals surface area contributed by atoms with Gasteiger partial charge in [0, 0.05) is 110 Å². The zero-order valence-corrected chi connectivity index (χ0v) is 49.3. The standard InChI is InChI=1S/C40H22N4O.C24H14N2.C17H11ClN2/c1-2-12-23(13-3-1)36-39-37(27-17-7-11-21-33(27)45-39)42-40(41-36)44-31-20-10-5-15-25(31)34-32(44)22-28-24-14-4-8-18-29(24)43-30-19-9-6-16-26(30)35(34)38(28)43;1-4-10-18-15(8-1)22-19(25-18)13-17-14-7-2-5-11-20(14)26-21-12-6-3-9-16(21)23(22)24(17)26;18-17-19-15(11-6-2-1-3-7-11)14-10-12-8-4-5-9-13(12)16(14)20-17/h1-22H;1-13,25H;1-9H,10H2. The lowest BCUT2D eigenvalue weighted by Gasteiger charge is -2.09. The molecule has 91 heavy (non-hydrogen) atoms. The number of hydrogen-bond acceptors (Lipinski definition) is 5. The monoisotopic (exact) mass is 1180 g/mol. The number of nitrogens with zero attached hydrogens (tertiary/aromatic N) is 7. The molecule has 0 saturated carbocycles. The number of H-pyrrole nitrogens is 1. The molecule has 0 radical (unpaired) electrons. The second-order valence-corrected chi connectivity index (χ2v) is 24.1. The molecule has 21 aromatic rings. The predicted octanol–water partition coefficient (Wildman–Crippen LogP) is 21.1. The molecule has 1 N–H and O–H groups in total. The van der Waals surface area contributed by atoms with E-state index in [-0.39, 0.29) is 0 Å². The summed E-state index contributed by atoms with van der Waals surface area (Å²) in [4.78, 5) is 23.1. The van der Waals surface area contributed by atoms with Crippen LogP contribution >= 0.6 is 11.6 Å². The average molecular weight is 1180 g/mol. The van der Waals surface area contributed by atoms with E-state index < -0.39 is 0 Å². The van der Waals surface area contributed by atoms with Crippen LogP contribution in [0.15, 0.2) is 271 Å². The molecule has 0 unspecified atom stereocenters. The first kappa shape index (κ1) is 50.1. The molecular weight excluding hydrogens is 1140 g/mol. The van der Waals surface area contributed by atoms with Crippen LogP contribution in [0, 0.1) is 0 Å². The van der Waals surface area contributed by atoms with Gasteiger partial charge in [0.15, 0.2) is 5.58 Å². The third-order valence-electron chi connectivity index (χ3n) is 19.0. The Bertz CT molecular complexity index is 6570. The number of furan rings is 1. The van der Waals surface area contributed by atoms with Gasteiger partial charge in [-0.2, -0.15) is 0 Å². The van der Waals surface area contributed by atoms with Crippen LogP contribution in [0.1, 0.15) is 11.1 Å². The summed E-state index contributed by atoms with van der Waals surface area (Å²) in [6.07, 6.45) is 0.868. The SMILES string of the molecule is Clc1nc(-c2ccccc2)c2c(n1)-c1ccccc1C2.c1ccc(-c2nc(-n3c4ccccc4c4c5c6ccccc6n6c7ccccc7c(cc43)c56)nc3c2oc2ccccc23)cc1.c1ccc2c(c1)[nH]c1cc3c4ccccc4n4c5ccccc5c(c12)c34. The van der Waals surface area contributed by atoms with Crippen LogP contribution in [0.3, 0.4) is 0 Å². The Hall–Kier alpha value is -11.9. The quantitative estimate of drug-likeness (QED) is 0.178. The van der Waals surface area contributed by atoms with Crippen LogP contribution in [0.25, 0.3) is 182 Å². The third kappa shape index (κ3) is 7.11. The van der Waals surface area contributed by atoms with Gasteiger partial charge in [0.1, 0.15) is 16.8 Å². The number of hydrogen-bond donors (Lipinski definition) is 1. The first-order chi connectivity index (χ1) is 45.1. The van der Waals surface area contributed by atoms with E-state index in [0.29, 0.717) is 16.8 Å². The van der Waals surface area contributed by atoms with Crippen LogP contribution in [-0.2, 0) is 6.42 Å². The normalized spacial score (nSPS) is 12.4. The van der Waals surface area contributed by atoms with E-state index in [0.717, 1.165) is 62.1 Å². The van der Waals surface area contributed by atoms with Crippen LogP contribution in [0.2, 0.25) is 5.28 Å². The van der Waals surface area contributed by atoms with Gasteiger partial charge in [-0.15, -0.1) is 0 Å². The summed E-state index contributed by atoms with van der Waals surface area (Å²) in [5.74, 6) is 0.626. The Kier molecular flexibility index (Phi) is 10.5. The molecular formula is C81H47ClN8O. The highest BCUT2D eigenvalue weighted by atomic mass is 35.5. The fourth-order valence-electron chi connectivity index (χ4n) is 15.3. The van der Waals surface area contributed by atoms with Crippen molar-refractivity contribution in [1.29, 1.82) is 0 Å². The highest BCUT2D eigenvalue weighted by Gasteiger charge is 2.28. The van der Waals surface area contributed by atoms with E-state index in [2.05, 4.69) is 235 Å². The van der Waals surface area contributed by atoms with Crippen molar-refractivity contribution in [2.45, 2.75) is 6.42 Å². The number of benzene rings is 12. The van der Waals surface area contributed by atoms with E-state index in [1.807, 2.05) is 60.7 Å². The minimum atomic E-state index is 0.305. The van der Waals surface area contributed by atoms with E-state index in [4.69, 9.17) is 26.0 Å². The lowest BCUT2D eigenvalue weighted by molar-refractivity contribution is 0.666. The molecule has 1 aliphatic rings. The van der Waals surface area contributed by atoms with Gasteiger partial charge in [-0.05, 0) is 77.8 Å². The molecule has 0 fully saturated rings. The van der Waals surface area contributed by atoms with Crippen LogP contribution in [-0.4, -0.2) is 38.3 Å². The summed E-state index contributed by atoms with van der Waals surface area (Å²) in [6, 6.07) is 93.8. The lowest BCUT2D eigenvalue weighted by Crippen LogP contribution is -2.02. The van der Waals surface area contributed by atoms with Crippen molar-refractivity contribution < 1.29 is 4.42 Å². The second-order valence-electron chi connectivity index (χ2n) is 23.8. The fourth-order valence-corrected chi connectivity index (χ4v) is 15.4. The molecule has 0 saturated heterocycles. The molecule has 9 aromatic heterocycles. The first-order valence-corrected chi connectivity index (χ1v) is 31.1. The van der Waals surface area contributed by atoms with Gasteiger partial charge in [-0.25, -0.2) is 19.9 Å². The minimum Gasteiger partial charge on any atom is -0.452 e. The van der Waals surface area contributed by atoms with E-state index in [1.54, 1.807) is 0 Å². The molecule has 0 spiro atoms. The van der Waals surface area contributed by atoms with Gasteiger partial charge < -0.3 is 18.2 Å². The number of aromatic amines is 1. The maximum atomic E-state index is 6.43. The van der Waals surface area contributed by atoms with Crippen molar-refractivity contribution in [1.82, 2.24) is 38.3 Å². The Morgan fingerprint density at radius 1 is 0.363 bits per heavy atom. The smallest absolute Gasteiger partial charge is 0.236 e. The third-order valence-corrected chi connectivity index (χ3v) is 19.1. The summed E-state index contributed by atoms with van der Waals surface area (Å²) in [5, 5.41) is 16.6. The van der Waals surface area contributed by atoms with Gasteiger partial charge in [0.25, 0.3) is 0 Å². The van der Waals surface area contributed by atoms with Crippen molar-refractivity contribution in [3.63, 3.8) is 0 Å². The highest BCUT2D eigenvalue weighted by molar-refractivity contribution is 6.37. The van der Waals surface area contributed by atoms with Crippen LogP contribution in [0.5, 0.6) is 0 Å². The lowest BCUT2D eigenvalue weighted by atomic mass is 10.0. The van der Waals surface area contributed by atoms with E-state index in [9.17, 15) is 0 Å². The van der Waals surface area contributed by atoms with Crippen molar-refractivity contribution in [3.05, 3.63) is 283 Å². The van der Waals surface area contributed by atoms with Gasteiger partial charge in [0.05, 0.1) is 55.5 Å². The average Bonchev–Trinajstić information content (AvgIpc) is 1.53. The number of fused-ring (bicyclic) bond motifs is 26. The number of nitrogens with one attached hydrogen (secondary N) is 1. The van der Waals surface area contributed by atoms with E-state index >= 15 is 0 Å². The van der Waals surface area contributed by atoms with Crippen LogP contribution < -0.4 is 0 Å². The zero-order chi connectivity index (χ0) is 59.6. The number of rotatable bonds is 3. The fraction of sp³-hybridized carbons (Fsp3) is 0.0123. The summed E-state index contributed by atoms with van der Waals surface area (Å²) < 4.78 is 13.6. The van der Waals surface area contributed by atoms with Gasteiger partial charge in [-0.1, -0.05) is 206 Å². The Morgan fingerprint density at radius 2 is 0.857 bits per heavy atom. The van der Waals surface area contributed by atoms with Gasteiger partial charge in [0.2, 0.25) is 11.2 Å². The highest BCUT2D eigenvalue weighted by Crippen LogP contribution is 2.49. The van der Waals surface area contributed by atoms with Crippen molar-refractivity contribution >= 4 is 153 Å². The summed E-state index contributed by atoms with van der Waals surface area (Å²) in [5.41, 5.74) is 22.9.